The van der Waals surface area contributed by atoms with Crippen molar-refractivity contribution in [2.45, 2.75) is 51.3 Å². The Labute approximate surface area is 164 Å². The summed E-state index contributed by atoms with van der Waals surface area (Å²) in [7, 11) is 0. The highest BCUT2D eigenvalue weighted by molar-refractivity contribution is 5.80. The van der Waals surface area contributed by atoms with Gasteiger partial charge in [0.2, 0.25) is 11.8 Å². The van der Waals surface area contributed by atoms with E-state index in [1.54, 1.807) is 11.0 Å². The molecular weight excluding hydrogens is 358 g/mol. The Morgan fingerprint density at radius 1 is 1.32 bits per heavy atom. The minimum atomic E-state index is -0.624. The van der Waals surface area contributed by atoms with Crippen molar-refractivity contribution in [3.63, 3.8) is 0 Å². The van der Waals surface area contributed by atoms with Gasteiger partial charge in [-0.3, -0.25) is 14.3 Å². The first-order chi connectivity index (χ1) is 13.5. The van der Waals surface area contributed by atoms with Crippen molar-refractivity contribution in [1.29, 1.82) is 0 Å². The van der Waals surface area contributed by atoms with Crippen LogP contribution in [0, 0.1) is 12.8 Å². The van der Waals surface area contributed by atoms with Crippen molar-refractivity contribution in [1.82, 2.24) is 25.4 Å². The van der Waals surface area contributed by atoms with Crippen molar-refractivity contribution in [2.75, 3.05) is 6.54 Å². The molecule has 3 atom stereocenters. The fourth-order valence-electron chi connectivity index (χ4n) is 3.60. The van der Waals surface area contributed by atoms with Gasteiger partial charge >= 0.3 is 0 Å². The van der Waals surface area contributed by atoms with Gasteiger partial charge in [0.1, 0.15) is 12.7 Å². The van der Waals surface area contributed by atoms with E-state index in [2.05, 4.69) is 20.7 Å². The van der Waals surface area contributed by atoms with Crippen LogP contribution < -0.4 is 10.6 Å². The Bertz CT molecular complexity index is 793. The molecule has 1 aliphatic rings. The monoisotopic (exact) mass is 385 g/mol. The third-order valence-electron chi connectivity index (χ3n) is 5.08. The molecule has 2 amide bonds. The second kappa shape index (κ2) is 9.45. The number of rotatable bonds is 7. The van der Waals surface area contributed by atoms with Gasteiger partial charge < -0.3 is 15.7 Å². The van der Waals surface area contributed by atoms with E-state index in [0.29, 0.717) is 32.4 Å². The number of hydrogen-bond donors (Lipinski definition) is 3. The maximum absolute atomic E-state index is 12.4. The predicted octanol–water partition coefficient (Wildman–Crippen LogP) is 0.591. The molecule has 0 aliphatic heterocycles. The fourth-order valence-corrected chi connectivity index (χ4v) is 3.60. The lowest BCUT2D eigenvalue weighted by molar-refractivity contribution is -0.129. The molecule has 0 saturated heterocycles. The summed E-state index contributed by atoms with van der Waals surface area (Å²) in [5.41, 5.74) is 2.04. The van der Waals surface area contributed by atoms with Gasteiger partial charge in [0.05, 0.1) is 25.1 Å². The number of benzene rings is 1. The molecule has 3 rings (SSSR count). The van der Waals surface area contributed by atoms with E-state index < -0.39 is 12.1 Å². The second-order valence-corrected chi connectivity index (χ2v) is 7.37. The summed E-state index contributed by atoms with van der Waals surface area (Å²) < 4.78 is 1.65. The lowest BCUT2D eigenvalue weighted by Gasteiger charge is -2.33. The molecule has 0 bridgehead atoms. The van der Waals surface area contributed by atoms with Gasteiger partial charge in [0, 0.05) is 12.5 Å². The minimum absolute atomic E-state index is 0.0510. The van der Waals surface area contributed by atoms with Crippen LogP contribution in [-0.2, 0) is 22.6 Å². The summed E-state index contributed by atoms with van der Waals surface area (Å²) in [6.45, 7) is 3.00. The van der Waals surface area contributed by atoms with Gasteiger partial charge in [-0.05, 0) is 31.7 Å². The lowest BCUT2D eigenvalue weighted by atomic mass is 9.83. The first-order valence-electron chi connectivity index (χ1n) is 9.64. The summed E-state index contributed by atoms with van der Waals surface area (Å²) in [6, 6.07) is 7.39. The fraction of sp³-hybridized carbons (Fsp3) is 0.500. The maximum atomic E-state index is 12.4. The van der Waals surface area contributed by atoms with Crippen LogP contribution in [0.3, 0.4) is 0 Å². The van der Waals surface area contributed by atoms with Crippen molar-refractivity contribution in [2.24, 2.45) is 5.92 Å². The molecule has 1 aromatic carbocycles. The molecule has 28 heavy (non-hydrogen) atoms. The quantitative estimate of drug-likeness (QED) is 0.646. The summed E-state index contributed by atoms with van der Waals surface area (Å²) in [6.07, 6.45) is 4.24. The SMILES string of the molecule is Cc1cccc(CC(=O)N[C@@H]2C[C@@H](C(=O)NCCn3cncn3)CC[C@H]2O)c1. The molecule has 0 radical (unpaired) electrons. The molecule has 8 nitrogen and oxygen atoms in total. The molecule has 0 unspecified atom stereocenters. The first-order valence-corrected chi connectivity index (χ1v) is 9.64. The lowest BCUT2D eigenvalue weighted by Crippen LogP contribution is -2.50. The Kier molecular flexibility index (Phi) is 6.76. The number of nitrogens with zero attached hydrogens (tertiary/aromatic N) is 3. The van der Waals surface area contributed by atoms with E-state index in [1.165, 1.54) is 6.33 Å². The number of aliphatic hydroxyl groups is 1. The number of aromatic nitrogens is 3. The Morgan fingerprint density at radius 2 is 2.18 bits per heavy atom. The standard InChI is InChI=1S/C20H27N5O3/c1-14-3-2-4-15(9-14)10-19(27)24-17-11-16(5-6-18(17)26)20(28)22-7-8-25-13-21-12-23-25/h2-4,9,12-13,16-18,26H,5-8,10-11H2,1H3,(H,22,28)(H,24,27)/t16-,17+,18+/m0/s1. The van der Waals surface area contributed by atoms with Crippen LogP contribution in [0.2, 0.25) is 0 Å². The number of hydrogen-bond acceptors (Lipinski definition) is 5. The van der Waals surface area contributed by atoms with Crippen LogP contribution in [0.1, 0.15) is 30.4 Å². The third kappa shape index (κ3) is 5.63. The van der Waals surface area contributed by atoms with E-state index in [-0.39, 0.29) is 24.2 Å². The Hall–Kier alpha value is -2.74. The highest BCUT2D eigenvalue weighted by atomic mass is 16.3. The normalized spacial score (nSPS) is 21.9. The topological polar surface area (TPSA) is 109 Å². The van der Waals surface area contributed by atoms with E-state index in [9.17, 15) is 14.7 Å². The van der Waals surface area contributed by atoms with Crippen LogP contribution in [0.5, 0.6) is 0 Å². The molecule has 0 spiro atoms. The number of carbonyl (C=O) groups excluding carboxylic acids is 2. The van der Waals surface area contributed by atoms with Gasteiger partial charge in [-0.1, -0.05) is 29.8 Å². The molecular formula is C20H27N5O3. The van der Waals surface area contributed by atoms with Gasteiger partial charge in [0.25, 0.3) is 0 Å². The summed E-state index contributed by atoms with van der Waals surface area (Å²) in [5, 5.41) is 20.1. The van der Waals surface area contributed by atoms with Gasteiger partial charge in [-0.25, -0.2) is 4.98 Å². The van der Waals surface area contributed by atoms with E-state index >= 15 is 0 Å². The zero-order valence-corrected chi connectivity index (χ0v) is 16.0. The molecule has 1 fully saturated rings. The smallest absolute Gasteiger partial charge is 0.224 e. The number of aryl methyl sites for hydroxylation is 1. The molecule has 1 aromatic heterocycles. The molecule has 1 saturated carbocycles. The number of carbonyl (C=O) groups is 2. The van der Waals surface area contributed by atoms with E-state index in [4.69, 9.17) is 0 Å². The van der Waals surface area contributed by atoms with E-state index in [1.807, 2.05) is 31.2 Å². The Morgan fingerprint density at radius 3 is 2.93 bits per heavy atom. The van der Waals surface area contributed by atoms with Crippen LogP contribution >= 0.6 is 0 Å². The van der Waals surface area contributed by atoms with Crippen molar-refractivity contribution < 1.29 is 14.7 Å². The summed E-state index contributed by atoms with van der Waals surface area (Å²) in [4.78, 5) is 28.7. The Balaban J connectivity index is 1.47. The number of amides is 2. The molecule has 1 heterocycles. The average Bonchev–Trinajstić information content (AvgIpc) is 3.17. The van der Waals surface area contributed by atoms with Crippen molar-refractivity contribution >= 4 is 11.8 Å². The number of aliphatic hydroxyl groups excluding tert-OH is 1. The highest BCUT2D eigenvalue weighted by Crippen LogP contribution is 2.25. The number of nitrogens with one attached hydrogen (secondary N) is 2. The summed E-state index contributed by atoms with van der Waals surface area (Å²) >= 11 is 0. The van der Waals surface area contributed by atoms with Crippen LogP contribution in [0.25, 0.3) is 0 Å². The van der Waals surface area contributed by atoms with Gasteiger partial charge in [-0.2, -0.15) is 5.10 Å². The zero-order chi connectivity index (χ0) is 19.9. The zero-order valence-electron chi connectivity index (χ0n) is 16.0. The van der Waals surface area contributed by atoms with Crippen LogP contribution in [0.15, 0.2) is 36.9 Å². The molecule has 2 aromatic rings. The molecule has 150 valence electrons. The predicted molar refractivity (Wildman–Crippen MR) is 103 cm³/mol. The maximum Gasteiger partial charge on any atom is 0.224 e. The van der Waals surface area contributed by atoms with Gasteiger partial charge in [0.15, 0.2) is 0 Å². The largest absolute Gasteiger partial charge is 0.391 e. The van der Waals surface area contributed by atoms with E-state index in [0.717, 1.165) is 11.1 Å². The highest BCUT2D eigenvalue weighted by Gasteiger charge is 2.33. The third-order valence-corrected chi connectivity index (χ3v) is 5.08. The van der Waals surface area contributed by atoms with Crippen molar-refractivity contribution in [3.05, 3.63) is 48.0 Å². The molecule has 1 aliphatic carbocycles. The first kappa shape index (κ1) is 20.0. The van der Waals surface area contributed by atoms with Gasteiger partial charge in [-0.15, -0.1) is 0 Å². The second-order valence-electron chi connectivity index (χ2n) is 7.37. The van der Waals surface area contributed by atoms with Crippen LogP contribution in [0.4, 0.5) is 0 Å². The van der Waals surface area contributed by atoms with Crippen molar-refractivity contribution in [3.8, 4) is 0 Å². The molecule has 8 heteroatoms. The average molecular weight is 385 g/mol. The van der Waals surface area contributed by atoms with Crippen LogP contribution in [-0.4, -0.2) is 50.4 Å². The minimum Gasteiger partial charge on any atom is -0.391 e. The molecule has 3 N–H and O–H groups in total. The summed E-state index contributed by atoms with van der Waals surface area (Å²) in [5.74, 6) is -0.407.